The first-order valence-electron chi connectivity index (χ1n) is 5.63. The molecule has 7 heteroatoms. The number of fused-ring (bicyclic) bond motifs is 3. The van der Waals surface area contributed by atoms with Crippen LogP contribution in [0.2, 0.25) is 5.15 Å². The third-order valence-electron chi connectivity index (χ3n) is 3.07. The van der Waals surface area contributed by atoms with Gasteiger partial charge in [0.1, 0.15) is 5.15 Å². The van der Waals surface area contributed by atoms with Crippen LogP contribution in [0.3, 0.4) is 0 Å². The van der Waals surface area contributed by atoms with E-state index in [2.05, 4.69) is 9.97 Å². The molecule has 1 aliphatic heterocycles. The number of nitrogen functional groups attached to an aromatic ring is 1. The highest BCUT2D eigenvalue weighted by atomic mass is 35.5. The summed E-state index contributed by atoms with van der Waals surface area (Å²) < 4.78 is 24.5. The summed E-state index contributed by atoms with van der Waals surface area (Å²) >= 11 is 6.05. The molecule has 1 aliphatic rings. The van der Waals surface area contributed by atoms with Crippen LogP contribution in [0.4, 0.5) is 5.95 Å². The summed E-state index contributed by atoms with van der Waals surface area (Å²) in [5.41, 5.74) is 7.27. The molecule has 2 aromatic rings. The number of anilines is 1. The lowest BCUT2D eigenvalue weighted by atomic mass is 10.1. The molecule has 0 bridgehead atoms. The Morgan fingerprint density at radius 2 is 1.95 bits per heavy atom. The van der Waals surface area contributed by atoms with E-state index in [1.54, 1.807) is 24.3 Å². The van der Waals surface area contributed by atoms with Gasteiger partial charge in [0.05, 0.1) is 16.3 Å². The second kappa shape index (κ2) is 4.18. The largest absolute Gasteiger partial charge is 0.368 e. The Morgan fingerprint density at radius 3 is 2.74 bits per heavy atom. The zero-order chi connectivity index (χ0) is 13.6. The van der Waals surface area contributed by atoms with Crippen molar-refractivity contribution in [1.29, 1.82) is 0 Å². The van der Waals surface area contributed by atoms with Crippen molar-refractivity contribution in [2.24, 2.45) is 0 Å². The second-order valence-corrected chi connectivity index (χ2v) is 6.70. The van der Waals surface area contributed by atoms with Crippen molar-refractivity contribution in [2.45, 2.75) is 11.3 Å². The molecule has 0 saturated heterocycles. The molecule has 0 atom stereocenters. The Bertz CT molecular complexity index is 775. The maximum absolute atomic E-state index is 12.2. The van der Waals surface area contributed by atoms with Gasteiger partial charge in [-0.2, -0.15) is 0 Å². The lowest BCUT2D eigenvalue weighted by molar-refractivity contribution is 0.596. The van der Waals surface area contributed by atoms with Crippen LogP contribution in [0.25, 0.3) is 11.3 Å². The minimum Gasteiger partial charge on any atom is -0.368 e. The predicted molar refractivity (Wildman–Crippen MR) is 72.6 cm³/mol. The molecule has 1 aromatic heterocycles. The van der Waals surface area contributed by atoms with E-state index in [4.69, 9.17) is 17.3 Å². The van der Waals surface area contributed by atoms with Crippen molar-refractivity contribution in [1.82, 2.24) is 9.97 Å². The van der Waals surface area contributed by atoms with E-state index in [9.17, 15) is 8.42 Å². The number of benzene rings is 1. The summed E-state index contributed by atoms with van der Waals surface area (Å²) in [5, 5.41) is 0.217. The van der Waals surface area contributed by atoms with E-state index >= 15 is 0 Å². The molecule has 2 heterocycles. The van der Waals surface area contributed by atoms with Crippen LogP contribution < -0.4 is 5.73 Å². The number of halogens is 1. The topological polar surface area (TPSA) is 85.9 Å². The van der Waals surface area contributed by atoms with Crippen molar-refractivity contribution in [3.05, 3.63) is 35.0 Å². The molecule has 19 heavy (non-hydrogen) atoms. The van der Waals surface area contributed by atoms with Crippen molar-refractivity contribution < 1.29 is 8.42 Å². The summed E-state index contributed by atoms with van der Waals surface area (Å²) in [7, 11) is -3.34. The Kier molecular flexibility index (Phi) is 2.72. The van der Waals surface area contributed by atoms with Crippen LogP contribution in [-0.4, -0.2) is 24.1 Å². The molecule has 3 rings (SSSR count). The summed E-state index contributed by atoms with van der Waals surface area (Å²) in [6, 6.07) is 6.73. The van der Waals surface area contributed by atoms with Crippen molar-refractivity contribution in [3.63, 3.8) is 0 Å². The molecule has 0 amide bonds. The van der Waals surface area contributed by atoms with Crippen molar-refractivity contribution in [2.75, 3.05) is 11.5 Å². The van der Waals surface area contributed by atoms with Crippen LogP contribution in [0.1, 0.15) is 5.56 Å². The number of aromatic nitrogens is 2. The maximum atomic E-state index is 12.2. The number of nitrogens with zero attached hydrogens (tertiary/aromatic N) is 2. The van der Waals surface area contributed by atoms with Gasteiger partial charge >= 0.3 is 0 Å². The zero-order valence-electron chi connectivity index (χ0n) is 9.80. The Morgan fingerprint density at radius 1 is 1.21 bits per heavy atom. The van der Waals surface area contributed by atoms with E-state index in [1.807, 2.05) is 0 Å². The minimum atomic E-state index is -3.34. The third-order valence-corrected chi connectivity index (χ3v) is 5.15. The summed E-state index contributed by atoms with van der Waals surface area (Å²) in [5.74, 6) is 0.0298. The smallest absolute Gasteiger partial charge is 0.222 e. The lowest BCUT2D eigenvalue weighted by Gasteiger charge is -2.08. The van der Waals surface area contributed by atoms with E-state index in [0.29, 0.717) is 16.8 Å². The number of nitrogens with two attached hydrogens (primary N) is 1. The molecule has 2 N–H and O–H groups in total. The van der Waals surface area contributed by atoms with Crippen molar-refractivity contribution >= 4 is 27.4 Å². The standard InChI is InChI=1S/C12H10ClN3O2S/c13-11-8-5-6-19(17,18)9-4-2-1-3-7(9)10(8)15-12(14)16-11/h1-4H,5-6H2,(H2,14,15,16). The molecule has 0 spiro atoms. The fourth-order valence-electron chi connectivity index (χ4n) is 2.20. The first kappa shape index (κ1) is 12.4. The molecule has 0 fully saturated rings. The van der Waals surface area contributed by atoms with Gasteiger partial charge in [-0.3, -0.25) is 0 Å². The Hall–Kier alpha value is -1.66. The van der Waals surface area contributed by atoms with Crippen LogP contribution in [0.5, 0.6) is 0 Å². The molecule has 5 nitrogen and oxygen atoms in total. The lowest BCUT2D eigenvalue weighted by Crippen LogP contribution is -2.07. The van der Waals surface area contributed by atoms with Gasteiger partial charge in [-0.25, -0.2) is 18.4 Å². The Balaban J connectivity index is 2.42. The highest BCUT2D eigenvalue weighted by Gasteiger charge is 2.27. The van der Waals surface area contributed by atoms with Gasteiger partial charge in [0.15, 0.2) is 9.84 Å². The normalized spacial score (nSPS) is 16.3. The van der Waals surface area contributed by atoms with E-state index < -0.39 is 9.84 Å². The third kappa shape index (κ3) is 1.97. The molecule has 0 aliphatic carbocycles. The highest BCUT2D eigenvalue weighted by molar-refractivity contribution is 7.91. The maximum Gasteiger partial charge on any atom is 0.222 e. The fourth-order valence-corrected chi connectivity index (χ4v) is 3.95. The van der Waals surface area contributed by atoms with Gasteiger partial charge in [-0.1, -0.05) is 29.8 Å². The molecule has 1 aromatic carbocycles. The highest BCUT2D eigenvalue weighted by Crippen LogP contribution is 2.35. The first-order valence-corrected chi connectivity index (χ1v) is 7.66. The van der Waals surface area contributed by atoms with E-state index in [1.165, 1.54) is 0 Å². The Labute approximate surface area is 115 Å². The van der Waals surface area contributed by atoms with Gasteiger partial charge < -0.3 is 5.73 Å². The number of rotatable bonds is 0. The minimum absolute atomic E-state index is 0.00991. The SMILES string of the molecule is Nc1nc(Cl)c2c(n1)-c1ccccc1S(=O)(=O)CC2. The molecule has 98 valence electrons. The quantitative estimate of drug-likeness (QED) is 0.748. The molecule has 0 radical (unpaired) electrons. The second-order valence-electron chi connectivity index (χ2n) is 4.26. The molecular formula is C12H10ClN3O2S. The van der Waals surface area contributed by atoms with Gasteiger partial charge in [0.2, 0.25) is 5.95 Å². The number of hydrogen-bond acceptors (Lipinski definition) is 5. The van der Waals surface area contributed by atoms with Gasteiger partial charge in [0.25, 0.3) is 0 Å². The van der Waals surface area contributed by atoms with E-state index in [-0.39, 0.29) is 28.2 Å². The summed E-state index contributed by atoms with van der Waals surface area (Å²) in [6.07, 6.45) is 0.283. The fraction of sp³-hybridized carbons (Fsp3) is 0.167. The molecule has 0 unspecified atom stereocenters. The van der Waals surface area contributed by atoms with Crippen LogP contribution >= 0.6 is 11.6 Å². The average molecular weight is 296 g/mol. The monoisotopic (exact) mass is 295 g/mol. The summed E-state index contributed by atoms with van der Waals surface area (Å²) in [6.45, 7) is 0. The van der Waals surface area contributed by atoms with Crippen LogP contribution in [0.15, 0.2) is 29.2 Å². The number of sulfone groups is 1. The predicted octanol–water partition coefficient (Wildman–Crippen LogP) is 1.71. The molecule has 0 saturated carbocycles. The number of hydrogen-bond donors (Lipinski definition) is 1. The van der Waals surface area contributed by atoms with Crippen LogP contribution in [0, 0.1) is 0 Å². The zero-order valence-corrected chi connectivity index (χ0v) is 11.4. The average Bonchev–Trinajstić information content (AvgIpc) is 2.47. The van der Waals surface area contributed by atoms with Crippen molar-refractivity contribution in [3.8, 4) is 11.3 Å². The van der Waals surface area contributed by atoms with E-state index in [0.717, 1.165) is 0 Å². The van der Waals surface area contributed by atoms with Gasteiger partial charge in [-0.15, -0.1) is 0 Å². The van der Waals surface area contributed by atoms with Gasteiger partial charge in [0, 0.05) is 11.1 Å². The molecular weight excluding hydrogens is 286 g/mol. The summed E-state index contributed by atoms with van der Waals surface area (Å²) in [4.78, 5) is 8.31. The van der Waals surface area contributed by atoms with Gasteiger partial charge in [-0.05, 0) is 12.5 Å². The van der Waals surface area contributed by atoms with Crippen LogP contribution in [-0.2, 0) is 16.3 Å². The first-order chi connectivity index (χ1) is 8.99.